The van der Waals surface area contributed by atoms with Crippen LogP contribution in [-0.4, -0.2) is 11.1 Å². The maximum absolute atomic E-state index is 11.6. The van der Waals surface area contributed by atoms with Crippen LogP contribution >= 0.6 is 0 Å². The lowest BCUT2D eigenvalue weighted by Gasteiger charge is -2.15. The van der Waals surface area contributed by atoms with Crippen molar-refractivity contribution in [2.75, 3.05) is 0 Å². The summed E-state index contributed by atoms with van der Waals surface area (Å²) in [6.45, 7) is 4.08. The number of carboxylic acid groups (broad SMARTS) is 1. The molecule has 0 aliphatic heterocycles. The Morgan fingerprint density at radius 2 is 1.91 bits per heavy atom. The van der Waals surface area contributed by atoms with Gasteiger partial charge in [-0.15, -0.1) is 0 Å². The first-order valence-electron chi connectivity index (χ1n) is 7.85. The molecule has 23 heavy (non-hydrogen) atoms. The maximum atomic E-state index is 11.6. The number of benzene rings is 2. The monoisotopic (exact) mass is 308 g/mol. The summed E-state index contributed by atoms with van der Waals surface area (Å²) < 4.78 is 5.73. The summed E-state index contributed by atoms with van der Waals surface area (Å²) in [6.07, 6.45) is 2.36. The topological polar surface area (TPSA) is 50.4 Å². The molecule has 1 N–H and O–H groups in total. The number of rotatable bonds is 5. The van der Waals surface area contributed by atoms with Crippen molar-refractivity contribution in [3.05, 3.63) is 60.4 Å². The van der Waals surface area contributed by atoms with Gasteiger partial charge in [-0.2, -0.15) is 0 Å². The van der Waals surface area contributed by atoms with Crippen LogP contribution in [0.25, 0.3) is 22.1 Å². The second-order valence-electron chi connectivity index (χ2n) is 6.30. The van der Waals surface area contributed by atoms with Crippen LogP contribution in [0.2, 0.25) is 0 Å². The van der Waals surface area contributed by atoms with Gasteiger partial charge in [0.05, 0.1) is 12.2 Å². The molecule has 0 fully saturated rings. The number of hydrogen-bond donors (Lipinski definition) is 1. The average molecular weight is 308 g/mol. The second-order valence-corrected chi connectivity index (χ2v) is 6.30. The minimum atomic E-state index is -0.778. The lowest BCUT2D eigenvalue weighted by atomic mass is 9.89. The molecule has 0 aliphatic carbocycles. The molecule has 0 amide bonds. The molecule has 118 valence electrons. The Hall–Kier alpha value is -2.55. The van der Waals surface area contributed by atoms with Gasteiger partial charge >= 0.3 is 5.97 Å². The Morgan fingerprint density at radius 1 is 1.13 bits per heavy atom. The third-order valence-corrected chi connectivity index (χ3v) is 4.07. The van der Waals surface area contributed by atoms with Crippen LogP contribution < -0.4 is 0 Å². The van der Waals surface area contributed by atoms with Gasteiger partial charge in [0.1, 0.15) is 5.76 Å². The normalized spacial score (nSPS) is 12.7. The summed E-state index contributed by atoms with van der Waals surface area (Å²) in [5, 5.41) is 11.6. The van der Waals surface area contributed by atoms with Crippen molar-refractivity contribution in [2.45, 2.75) is 26.2 Å². The van der Waals surface area contributed by atoms with E-state index in [1.165, 1.54) is 0 Å². The molecule has 0 aliphatic rings. The van der Waals surface area contributed by atoms with Gasteiger partial charge in [0.15, 0.2) is 0 Å². The minimum Gasteiger partial charge on any atom is -0.481 e. The molecule has 0 radical (unpaired) electrons. The van der Waals surface area contributed by atoms with Crippen LogP contribution in [0.1, 0.15) is 31.7 Å². The standard InChI is InChI=1S/C20H20O3/c1-13(2)10-18(20(21)22)14-7-5-8-15(11-14)19-17-9-4-3-6-16(17)12-23-19/h3-9,11-13,18H,10H2,1-2H3,(H,21,22). The summed E-state index contributed by atoms with van der Waals surface area (Å²) in [4.78, 5) is 11.6. The molecule has 1 atom stereocenters. The van der Waals surface area contributed by atoms with E-state index in [2.05, 4.69) is 0 Å². The third kappa shape index (κ3) is 3.14. The van der Waals surface area contributed by atoms with E-state index in [1.54, 1.807) is 6.26 Å². The molecule has 0 spiro atoms. The first kappa shape index (κ1) is 15.3. The Balaban J connectivity index is 2.04. The van der Waals surface area contributed by atoms with Crippen molar-refractivity contribution in [3.8, 4) is 11.3 Å². The fraction of sp³-hybridized carbons (Fsp3) is 0.250. The summed E-state index contributed by atoms with van der Waals surface area (Å²) >= 11 is 0. The van der Waals surface area contributed by atoms with E-state index in [0.717, 1.165) is 27.7 Å². The molecule has 1 aromatic heterocycles. The third-order valence-electron chi connectivity index (χ3n) is 4.07. The fourth-order valence-electron chi connectivity index (χ4n) is 2.96. The van der Waals surface area contributed by atoms with E-state index >= 15 is 0 Å². The fourth-order valence-corrected chi connectivity index (χ4v) is 2.96. The van der Waals surface area contributed by atoms with Crippen LogP contribution in [0.15, 0.2) is 59.2 Å². The quantitative estimate of drug-likeness (QED) is 0.694. The smallest absolute Gasteiger partial charge is 0.310 e. The predicted octanol–water partition coefficient (Wildman–Crippen LogP) is 5.31. The van der Waals surface area contributed by atoms with Crippen LogP contribution in [0.5, 0.6) is 0 Å². The van der Waals surface area contributed by atoms with Crippen LogP contribution in [0.3, 0.4) is 0 Å². The van der Waals surface area contributed by atoms with Gasteiger partial charge in [0.25, 0.3) is 0 Å². The Bertz CT molecular complexity index is 830. The molecule has 2 aromatic carbocycles. The van der Waals surface area contributed by atoms with Crippen molar-refractivity contribution in [1.82, 2.24) is 0 Å². The average Bonchev–Trinajstić information content (AvgIpc) is 2.96. The summed E-state index contributed by atoms with van der Waals surface area (Å²) in [7, 11) is 0. The van der Waals surface area contributed by atoms with E-state index in [4.69, 9.17) is 4.42 Å². The number of fused-ring (bicyclic) bond motifs is 1. The van der Waals surface area contributed by atoms with Crippen molar-refractivity contribution < 1.29 is 14.3 Å². The SMILES string of the molecule is CC(C)CC(C(=O)O)c1cccc(-c2occ3ccccc23)c1. The van der Waals surface area contributed by atoms with Crippen molar-refractivity contribution in [2.24, 2.45) is 5.92 Å². The molecular weight excluding hydrogens is 288 g/mol. The molecule has 0 bridgehead atoms. The Morgan fingerprint density at radius 3 is 2.65 bits per heavy atom. The minimum absolute atomic E-state index is 0.323. The zero-order valence-electron chi connectivity index (χ0n) is 13.3. The number of carbonyl (C=O) groups is 1. The zero-order valence-corrected chi connectivity index (χ0v) is 13.3. The molecule has 0 saturated heterocycles. The van der Waals surface area contributed by atoms with Crippen molar-refractivity contribution >= 4 is 16.7 Å². The molecule has 3 aromatic rings. The van der Waals surface area contributed by atoms with Crippen LogP contribution in [-0.2, 0) is 4.79 Å². The lowest BCUT2D eigenvalue weighted by molar-refractivity contribution is -0.139. The molecule has 3 heteroatoms. The molecule has 3 rings (SSSR count). The highest BCUT2D eigenvalue weighted by Crippen LogP contribution is 2.33. The Kier molecular flexibility index (Phi) is 4.20. The van der Waals surface area contributed by atoms with Gasteiger partial charge in [-0.25, -0.2) is 0 Å². The van der Waals surface area contributed by atoms with Gasteiger partial charge in [0.2, 0.25) is 0 Å². The van der Waals surface area contributed by atoms with E-state index in [-0.39, 0.29) is 0 Å². The largest absolute Gasteiger partial charge is 0.481 e. The predicted molar refractivity (Wildman–Crippen MR) is 91.5 cm³/mol. The number of carboxylic acids is 1. The number of aliphatic carboxylic acids is 1. The maximum Gasteiger partial charge on any atom is 0.310 e. The van der Waals surface area contributed by atoms with E-state index in [9.17, 15) is 9.90 Å². The molecule has 0 saturated carbocycles. The molecule has 3 nitrogen and oxygen atoms in total. The van der Waals surface area contributed by atoms with Gasteiger partial charge < -0.3 is 9.52 Å². The van der Waals surface area contributed by atoms with Crippen molar-refractivity contribution in [1.29, 1.82) is 0 Å². The van der Waals surface area contributed by atoms with Crippen molar-refractivity contribution in [3.63, 3.8) is 0 Å². The Labute approximate surface area is 135 Å². The number of furan rings is 1. The highest BCUT2D eigenvalue weighted by molar-refractivity contribution is 5.94. The second kappa shape index (κ2) is 6.29. The van der Waals surface area contributed by atoms with E-state index in [0.29, 0.717) is 12.3 Å². The highest BCUT2D eigenvalue weighted by Gasteiger charge is 2.22. The van der Waals surface area contributed by atoms with Crippen LogP contribution in [0.4, 0.5) is 0 Å². The van der Waals surface area contributed by atoms with E-state index < -0.39 is 11.9 Å². The van der Waals surface area contributed by atoms with Gasteiger partial charge in [-0.05, 0) is 24.0 Å². The summed E-state index contributed by atoms with van der Waals surface area (Å²) in [6, 6.07) is 15.7. The highest BCUT2D eigenvalue weighted by atomic mass is 16.4. The van der Waals surface area contributed by atoms with E-state index in [1.807, 2.05) is 62.4 Å². The van der Waals surface area contributed by atoms with Gasteiger partial charge in [-0.1, -0.05) is 56.3 Å². The van der Waals surface area contributed by atoms with Gasteiger partial charge in [-0.3, -0.25) is 4.79 Å². The summed E-state index contributed by atoms with van der Waals surface area (Å²) in [5.74, 6) is -0.156. The molecule has 1 heterocycles. The first-order valence-corrected chi connectivity index (χ1v) is 7.85. The molecule has 1 unspecified atom stereocenters. The number of hydrogen-bond acceptors (Lipinski definition) is 2. The van der Waals surface area contributed by atoms with Gasteiger partial charge in [0, 0.05) is 16.3 Å². The van der Waals surface area contributed by atoms with Crippen LogP contribution in [0, 0.1) is 5.92 Å². The lowest BCUT2D eigenvalue weighted by Crippen LogP contribution is -2.14. The molecular formula is C20H20O3. The summed E-state index contributed by atoms with van der Waals surface area (Å²) in [5.41, 5.74) is 1.74. The zero-order chi connectivity index (χ0) is 16.4. The first-order chi connectivity index (χ1) is 11.1.